The van der Waals surface area contributed by atoms with E-state index in [4.69, 9.17) is 14.0 Å². The fraction of sp³-hybridized carbons (Fsp3) is 0.286. The van der Waals surface area contributed by atoms with E-state index in [-0.39, 0.29) is 11.3 Å². The van der Waals surface area contributed by atoms with Crippen LogP contribution in [-0.4, -0.2) is 23.3 Å². The van der Waals surface area contributed by atoms with E-state index in [0.717, 1.165) is 17.9 Å². The van der Waals surface area contributed by atoms with Gasteiger partial charge in [-0.25, -0.2) is 9.78 Å². The van der Waals surface area contributed by atoms with Gasteiger partial charge >= 0.3 is 6.03 Å². The lowest BCUT2D eigenvalue weighted by Crippen LogP contribution is -2.20. The number of methoxy groups -OCH3 is 1. The Kier molecular flexibility index (Phi) is 6.01. The van der Waals surface area contributed by atoms with Crippen molar-refractivity contribution in [3.05, 3.63) is 54.4 Å². The van der Waals surface area contributed by atoms with Gasteiger partial charge in [-0.05, 0) is 42.8 Å². The Morgan fingerprint density at radius 2 is 1.76 bits per heavy atom. The fourth-order valence-electron chi connectivity index (χ4n) is 2.39. The minimum atomic E-state index is -0.474. The zero-order chi connectivity index (χ0) is 20.9. The number of ether oxygens (including phenoxy) is 2. The van der Waals surface area contributed by atoms with Crippen LogP contribution in [0.2, 0.25) is 0 Å². The van der Waals surface area contributed by atoms with Crippen molar-refractivity contribution in [2.75, 3.05) is 17.7 Å². The molecule has 29 heavy (non-hydrogen) atoms. The quantitative estimate of drug-likeness (QED) is 0.569. The normalized spacial score (nSPS) is 11.0. The number of benzene rings is 1. The molecule has 0 aliphatic carbocycles. The monoisotopic (exact) mass is 396 g/mol. The summed E-state index contributed by atoms with van der Waals surface area (Å²) >= 11 is 0. The molecular weight excluding hydrogens is 372 g/mol. The minimum absolute atomic E-state index is 0.124. The van der Waals surface area contributed by atoms with Crippen LogP contribution in [-0.2, 0) is 5.41 Å². The predicted octanol–water partition coefficient (Wildman–Crippen LogP) is 5.20. The largest absolute Gasteiger partial charge is 0.497 e. The molecule has 2 amide bonds. The second-order valence-electron chi connectivity index (χ2n) is 7.05. The molecule has 2 aromatic heterocycles. The molecule has 0 saturated heterocycles. The Morgan fingerprint density at radius 1 is 1.07 bits per heavy atom. The number of nitrogens with zero attached hydrogens (tertiary/aromatic N) is 2. The van der Waals surface area contributed by atoms with Crippen LogP contribution >= 0.6 is 0 Å². The molecule has 3 aromatic rings. The van der Waals surface area contributed by atoms with Gasteiger partial charge in [0.15, 0.2) is 0 Å². The van der Waals surface area contributed by atoms with Crippen molar-refractivity contribution in [2.24, 2.45) is 0 Å². The van der Waals surface area contributed by atoms with E-state index in [1.807, 2.05) is 0 Å². The molecule has 2 heterocycles. The molecular formula is C21H24N4O4. The highest BCUT2D eigenvalue weighted by Crippen LogP contribution is 2.28. The summed E-state index contributed by atoms with van der Waals surface area (Å²) in [5.74, 6) is 2.60. The van der Waals surface area contributed by atoms with Gasteiger partial charge in [-0.2, -0.15) is 0 Å². The lowest BCUT2D eigenvalue weighted by Gasteiger charge is -2.18. The second-order valence-corrected chi connectivity index (χ2v) is 7.05. The van der Waals surface area contributed by atoms with Gasteiger partial charge < -0.3 is 14.0 Å². The van der Waals surface area contributed by atoms with Crippen molar-refractivity contribution in [3.8, 4) is 17.2 Å². The van der Waals surface area contributed by atoms with Gasteiger partial charge in [-0.1, -0.05) is 25.9 Å². The molecule has 3 rings (SSSR count). The summed E-state index contributed by atoms with van der Waals surface area (Å²) in [6, 6.07) is 11.8. The zero-order valence-electron chi connectivity index (χ0n) is 16.9. The number of urea groups is 1. The first-order valence-electron chi connectivity index (χ1n) is 9.23. The number of pyridine rings is 1. The number of carbonyl (C=O) groups excluding carboxylic acids is 1. The number of carbonyl (C=O) groups is 1. The number of hydrogen-bond acceptors (Lipinski definition) is 6. The summed E-state index contributed by atoms with van der Waals surface area (Å²) in [7, 11) is 1.61. The van der Waals surface area contributed by atoms with Crippen molar-refractivity contribution in [3.63, 3.8) is 0 Å². The van der Waals surface area contributed by atoms with Gasteiger partial charge in [0, 0.05) is 11.5 Å². The molecule has 0 aliphatic heterocycles. The maximum Gasteiger partial charge on any atom is 0.327 e. The second kappa shape index (κ2) is 8.64. The van der Waals surface area contributed by atoms with E-state index in [1.165, 1.54) is 6.20 Å². The highest BCUT2D eigenvalue weighted by molar-refractivity contribution is 5.98. The molecule has 152 valence electrons. The van der Waals surface area contributed by atoms with Gasteiger partial charge in [-0.15, -0.1) is 0 Å². The zero-order valence-corrected chi connectivity index (χ0v) is 16.9. The molecule has 0 saturated carbocycles. The van der Waals surface area contributed by atoms with E-state index < -0.39 is 6.03 Å². The average molecular weight is 396 g/mol. The maximum absolute atomic E-state index is 12.2. The Morgan fingerprint density at radius 3 is 2.38 bits per heavy atom. The summed E-state index contributed by atoms with van der Waals surface area (Å²) in [4.78, 5) is 16.3. The number of hydrogen-bond donors (Lipinski definition) is 2. The first kappa shape index (κ1) is 20.2. The van der Waals surface area contributed by atoms with E-state index in [1.54, 1.807) is 49.6 Å². The molecule has 0 bridgehead atoms. The number of aromatic nitrogens is 2. The highest BCUT2D eigenvalue weighted by atomic mass is 16.5. The molecule has 2 N–H and O–H groups in total. The molecule has 1 aromatic carbocycles. The van der Waals surface area contributed by atoms with Crippen LogP contribution in [0.5, 0.6) is 17.2 Å². The van der Waals surface area contributed by atoms with Gasteiger partial charge in [0.2, 0.25) is 5.88 Å². The Hall–Kier alpha value is -3.55. The molecule has 0 atom stereocenters. The number of amides is 2. The van der Waals surface area contributed by atoms with Crippen LogP contribution in [0.1, 0.15) is 32.9 Å². The van der Waals surface area contributed by atoms with Crippen molar-refractivity contribution >= 4 is 17.7 Å². The Labute approximate surface area is 169 Å². The Bertz CT molecular complexity index is 950. The van der Waals surface area contributed by atoms with Gasteiger partial charge in [0.05, 0.1) is 19.0 Å². The van der Waals surface area contributed by atoms with Crippen LogP contribution < -0.4 is 20.1 Å². The SMILES string of the molecule is CCC(C)(C)c1cc(NC(=O)Nc2ccc(Oc3ccc(OC)cc3)cn2)on1. The van der Waals surface area contributed by atoms with Crippen LogP contribution in [0.4, 0.5) is 16.5 Å². The fourth-order valence-corrected chi connectivity index (χ4v) is 2.39. The summed E-state index contributed by atoms with van der Waals surface area (Å²) in [6.45, 7) is 6.20. The number of nitrogens with one attached hydrogen (secondary N) is 2. The van der Waals surface area contributed by atoms with Gasteiger partial charge in [0.1, 0.15) is 23.1 Å². The Balaban J connectivity index is 1.55. The van der Waals surface area contributed by atoms with Crippen LogP contribution in [0.25, 0.3) is 0 Å². The average Bonchev–Trinajstić information content (AvgIpc) is 3.19. The van der Waals surface area contributed by atoms with Crippen molar-refractivity contribution < 1.29 is 18.8 Å². The molecule has 0 unspecified atom stereocenters. The standard InChI is InChI=1S/C21H24N4O4/c1-5-21(2,3)17-12-19(29-25-17)24-20(26)23-18-11-10-16(13-22-18)28-15-8-6-14(27-4)7-9-15/h6-13H,5H2,1-4H3,(H2,22,23,24,26). The van der Waals surface area contributed by atoms with Crippen molar-refractivity contribution in [1.29, 1.82) is 0 Å². The molecule has 0 fully saturated rings. The minimum Gasteiger partial charge on any atom is -0.497 e. The molecule has 0 radical (unpaired) electrons. The van der Waals surface area contributed by atoms with E-state index in [2.05, 4.69) is 41.5 Å². The number of rotatable bonds is 7. The van der Waals surface area contributed by atoms with Crippen LogP contribution in [0.3, 0.4) is 0 Å². The molecule has 8 nitrogen and oxygen atoms in total. The summed E-state index contributed by atoms with van der Waals surface area (Å²) in [5.41, 5.74) is 0.662. The van der Waals surface area contributed by atoms with Crippen molar-refractivity contribution in [1.82, 2.24) is 10.1 Å². The van der Waals surface area contributed by atoms with Crippen LogP contribution in [0.15, 0.2) is 53.2 Å². The van der Waals surface area contributed by atoms with Crippen LogP contribution in [0, 0.1) is 0 Å². The maximum atomic E-state index is 12.2. The first-order valence-corrected chi connectivity index (χ1v) is 9.23. The molecule has 0 spiro atoms. The smallest absolute Gasteiger partial charge is 0.327 e. The predicted molar refractivity (Wildman–Crippen MR) is 110 cm³/mol. The van der Waals surface area contributed by atoms with Gasteiger partial charge in [-0.3, -0.25) is 10.6 Å². The third kappa shape index (κ3) is 5.25. The molecule has 8 heteroatoms. The van der Waals surface area contributed by atoms with E-state index in [9.17, 15) is 4.79 Å². The summed E-state index contributed by atoms with van der Waals surface area (Å²) < 4.78 is 16.0. The third-order valence-corrected chi connectivity index (χ3v) is 4.60. The topological polar surface area (TPSA) is 98.5 Å². The lowest BCUT2D eigenvalue weighted by molar-refractivity contribution is 0.261. The summed E-state index contributed by atoms with van der Waals surface area (Å²) in [6.07, 6.45) is 2.43. The summed E-state index contributed by atoms with van der Waals surface area (Å²) in [5, 5.41) is 9.27. The third-order valence-electron chi connectivity index (χ3n) is 4.60. The highest BCUT2D eigenvalue weighted by Gasteiger charge is 2.23. The molecule has 0 aliphatic rings. The van der Waals surface area contributed by atoms with E-state index in [0.29, 0.717) is 17.3 Å². The lowest BCUT2D eigenvalue weighted by atomic mass is 9.87. The van der Waals surface area contributed by atoms with Crippen molar-refractivity contribution in [2.45, 2.75) is 32.6 Å². The first-order chi connectivity index (χ1) is 13.9. The van der Waals surface area contributed by atoms with E-state index >= 15 is 0 Å². The van der Waals surface area contributed by atoms with Gasteiger partial charge in [0.25, 0.3) is 0 Å². The number of anilines is 2.